The fourth-order valence-corrected chi connectivity index (χ4v) is 2.10. The number of esters is 1. The molecule has 2 rings (SSSR count). The Morgan fingerprint density at radius 2 is 2.00 bits per heavy atom. The summed E-state index contributed by atoms with van der Waals surface area (Å²) in [4.78, 5) is 20.4. The summed E-state index contributed by atoms with van der Waals surface area (Å²) in [5.74, 6) is -0.129. The Bertz CT molecular complexity index is 617. The molecule has 0 saturated carbocycles. The van der Waals surface area contributed by atoms with E-state index in [0.29, 0.717) is 6.42 Å². The number of pyridine rings is 2. The van der Waals surface area contributed by atoms with E-state index in [4.69, 9.17) is 4.74 Å². The summed E-state index contributed by atoms with van der Waals surface area (Å²) >= 11 is 0. The summed E-state index contributed by atoms with van der Waals surface area (Å²) in [6, 6.07) is 7.97. The lowest BCUT2D eigenvalue weighted by Crippen LogP contribution is -2.23. The first-order valence-electron chi connectivity index (χ1n) is 7.36. The number of aromatic nitrogens is 2. The Morgan fingerprint density at radius 3 is 2.76 bits per heavy atom. The maximum atomic E-state index is 11.6. The monoisotopic (exact) mass is 286 g/mol. The van der Waals surface area contributed by atoms with Gasteiger partial charge in [0.25, 0.3) is 0 Å². The van der Waals surface area contributed by atoms with E-state index in [1.807, 2.05) is 45.0 Å². The van der Waals surface area contributed by atoms with Crippen molar-refractivity contribution in [3.63, 3.8) is 0 Å². The highest BCUT2D eigenvalue weighted by Crippen LogP contribution is 2.13. The lowest BCUT2D eigenvalue weighted by atomic mass is 10.1. The van der Waals surface area contributed by atoms with E-state index in [9.17, 15) is 4.79 Å². The molecule has 0 spiro atoms. The van der Waals surface area contributed by atoms with Crippen LogP contribution in [-0.4, -0.2) is 21.5 Å². The molecule has 0 bridgehead atoms. The number of aryl methyl sites for hydroxylation is 1. The first-order chi connectivity index (χ1) is 9.94. The van der Waals surface area contributed by atoms with E-state index in [2.05, 4.69) is 9.97 Å². The normalized spacial score (nSPS) is 11.6. The first kappa shape index (κ1) is 15.4. The molecule has 0 saturated heterocycles. The van der Waals surface area contributed by atoms with Crippen LogP contribution in [0.3, 0.4) is 0 Å². The molecule has 0 aliphatic heterocycles. The van der Waals surface area contributed by atoms with Gasteiger partial charge < -0.3 is 4.74 Å². The fraction of sp³-hybridized carbons (Fsp3) is 0.471. The van der Waals surface area contributed by atoms with E-state index in [1.165, 1.54) is 0 Å². The van der Waals surface area contributed by atoms with Crippen molar-refractivity contribution in [1.29, 1.82) is 0 Å². The number of nitrogens with zero attached hydrogens (tertiary/aromatic N) is 2. The van der Waals surface area contributed by atoms with Gasteiger partial charge in [0.2, 0.25) is 0 Å². The van der Waals surface area contributed by atoms with Crippen molar-refractivity contribution in [2.45, 2.75) is 52.1 Å². The van der Waals surface area contributed by atoms with Gasteiger partial charge in [-0.1, -0.05) is 0 Å². The molecule has 0 aromatic carbocycles. The topological polar surface area (TPSA) is 52.1 Å². The summed E-state index contributed by atoms with van der Waals surface area (Å²) in [7, 11) is 0. The zero-order valence-corrected chi connectivity index (χ0v) is 12.9. The molecule has 0 fully saturated rings. The largest absolute Gasteiger partial charge is 0.460 e. The van der Waals surface area contributed by atoms with Gasteiger partial charge in [-0.15, -0.1) is 0 Å². The van der Waals surface area contributed by atoms with E-state index in [-0.39, 0.29) is 5.97 Å². The van der Waals surface area contributed by atoms with Crippen molar-refractivity contribution < 1.29 is 9.53 Å². The van der Waals surface area contributed by atoms with Crippen LogP contribution >= 0.6 is 0 Å². The van der Waals surface area contributed by atoms with E-state index >= 15 is 0 Å². The summed E-state index contributed by atoms with van der Waals surface area (Å²) in [6.07, 6.45) is 4.81. The van der Waals surface area contributed by atoms with Gasteiger partial charge in [0.1, 0.15) is 5.60 Å². The number of hydrogen-bond acceptors (Lipinski definition) is 4. The van der Waals surface area contributed by atoms with E-state index in [0.717, 1.165) is 36.0 Å². The molecule has 0 N–H and O–H groups in total. The van der Waals surface area contributed by atoms with Gasteiger partial charge in [-0.2, -0.15) is 0 Å². The highest BCUT2D eigenvalue weighted by atomic mass is 16.6. The minimum Gasteiger partial charge on any atom is -0.460 e. The Kier molecular flexibility index (Phi) is 4.89. The average molecular weight is 286 g/mol. The Balaban J connectivity index is 1.79. The fourth-order valence-electron chi connectivity index (χ4n) is 2.10. The van der Waals surface area contributed by atoms with Crippen LogP contribution in [0.25, 0.3) is 11.0 Å². The minimum atomic E-state index is -0.400. The van der Waals surface area contributed by atoms with Crippen molar-refractivity contribution >= 4 is 17.0 Å². The van der Waals surface area contributed by atoms with Crippen molar-refractivity contribution in [3.05, 3.63) is 36.2 Å². The third-order valence-electron chi connectivity index (χ3n) is 3.01. The predicted octanol–water partition coefficient (Wildman–Crippen LogP) is 3.68. The lowest BCUT2D eigenvalue weighted by Gasteiger charge is -2.19. The van der Waals surface area contributed by atoms with Crippen LogP contribution in [0.5, 0.6) is 0 Å². The van der Waals surface area contributed by atoms with E-state index in [1.54, 1.807) is 6.20 Å². The van der Waals surface area contributed by atoms with Crippen LogP contribution in [-0.2, 0) is 16.0 Å². The van der Waals surface area contributed by atoms with Crippen LogP contribution in [0.15, 0.2) is 30.5 Å². The van der Waals surface area contributed by atoms with E-state index < -0.39 is 5.60 Å². The maximum absolute atomic E-state index is 11.6. The zero-order valence-electron chi connectivity index (χ0n) is 12.9. The summed E-state index contributed by atoms with van der Waals surface area (Å²) in [6.45, 7) is 5.66. The summed E-state index contributed by atoms with van der Waals surface area (Å²) in [5, 5.41) is 1.05. The van der Waals surface area contributed by atoms with Gasteiger partial charge in [-0.05, 0) is 64.3 Å². The Morgan fingerprint density at radius 1 is 1.19 bits per heavy atom. The van der Waals surface area contributed by atoms with Gasteiger partial charge in [0.15, 0.2) is 5.65 Å². The van der Waals surface area contributed by atoms with Gasteiger partial charge >= 0.3 is 5.97 Å². The molecule has 4 heteroatoms. The van der Waals surface area contributed by atoms with Crippen molar-refractivity contribution in [1.82, 2.24) is 9.97 Å². The molecule has 0 radical (unpaired) electrons. The van der Waals surface area contributed by atoms with Crippen molar-refractivity contribution in [2.75, 3.05) is 0 Å². The third kappa shape index (κ3) is 5.14. The van der Waals surface area contributed by atoms with Gasteiger partial charge in [-0.25, -0.2) is 9.97 Å². The zero-order chi connectivity index (χ0) is 15.3. The molecule has 2 aromatic heterocycles. The molecule has 0 atom stereocenters. The average Bonchev–Trinajstić information content (AvgIpc) is 2.41. The highest BCUT2D eigenvalue weighted by molar-refractivity contribution is 5.74. The van der Waals surface area contributed by atoms with Gasteiger partial charge in [0, 0.05) is 23.7 Å². The predicted molar refractivity (Wildman–Crippen MR) is 82.9 cm³/mol. The molecular weight excluding hydrogens is 264 g/mol. The number of hydrogen-bond donors (Lipinski definition) is 0. The highest BCUT2D eigenvalue weighted by Gasteiger charge is 2.15. The molecule has 0 aliphatic carbocycles. The van der Waals surface area contributed by atoms with Crippen LogP contribution in [0, 0.1) is 0 Å². The Labute approximate surface area is 125 Å². The number of carbonyl (C=O) groups excluding carboxylic acids is 1. The number of ether oxygens (including phenoxy) is 1. The smallest absolute Gasteiger partial charge is 0.306 e. The van der Waals surface area contributed by atoms with Crippen molar-refractivity contribution in [2.24, 2.45) is 0 Å². The second-order valence-corrected chi connectivity index (χ2v) is 6.15. The molecule has 2 aromatic rings. The summed E-state index contributed by atoms with van der Waals surface area (Å²) in [5.41, 5.74) is 1.40. The number of unbranched alkanes of at least 4 members (excludes halogenated alkanes) is 1. The van der Waals surface area contributed by atoms with Gasteiger partial charge in [0.05, 0.1) is 0 Å². The molecule has 0 aliphatic rings. The molecule has 21 heavy (non-hydrogen) atoms. The second-order valence-electron chi connectivity index (χ2n) is 6.15. The molecule has 4 nitrogen and oxygen atoms in total. The standard InChI is InChI=1S/C17H22N2O2/c1-17(2,3)21-15(20)9-5-4-8-14-11-10-13-7-6-12-18-16(13)19-14/h6-7,10-12H,4-5,8-9H2,1-3H3. The Hall–Kier alpha value is -1.97. The maximum Gasteiger partial charge on any atom is 0.306 e. The van der Waals surface area contributed by atoms with Crippen LogP contribution in [0.1, 0.15) is 45.7 Å². The third-order valence-corrected chi connectivity index (χ3v) is 3.01. The number of rotatable bonds is 5. The molecule has 0 amide bonds. The lowest BCUT2D eigenvalue weighted by molar-refractivity contribution is -0.154. The second kappa shape index (κ2) is 6.66. The van der Waals surface area contributed by atoms with Crippen molar-refractivity contribution in [3.8, 4) is 0 Å². The van der Waals surface area contributed by atoms with Gasteiger partial charge in [-0.3, -0.25) is 4.79 Å². The molecule has 112 valence electrons. The SMILES string of the molecule is CC(C)(C)OC(=O)CCCCc1ccc2cccnc2n1. The number of fused-ring (bicyclic) bond motifs is 1. The van der Waals surface area contributed by atoms with Crippen LogP contribution in [0.2, 0.25) is 0 Å². The molecule has 0 unspecified atom stereocenters. The quantitative estimate of drug-likeness (QED) is 0.621. The first-order valence-corrected chi connectivity index (χ1v) is 7.36. The summed E-state index contributed by atoms with van der Waals surface area (Å²) < 4.78 is 5.28. The molecular formula is C17H22N2O2. The number of carbonyl (C=O) groups is 1. The minimum absolute atomic E-state index is 0.129. The molecule has 2 heterocycles. The van der Waals surface area contributed by atoms with Crippen LogP contribution in [0.4, 0.5) is 0 Å². The van der Waals surface area contributed by atoms with Crippen LogP contribution < -0.4 is 0 Å².